The number of rotatable bonds is 8. The molecule has 1 aliphatic carbocycles. The van der Waals surface area contributed by atoms with Gasteiger partial charge in [-0.25, -0.2) is 0 Å². The highest BCUT2D eigenvalue weighted by Gasteiger charge is 2.37. The molecule has 0 bridgehead atoms. The summed E-state index contributed by atoms with van der Waals surface area (Å²) in [5.41, 5.74) is 5.42. The zero-order valence-corrected chi connectivity index (χ0v) is 15.5. The fraction of sp³-hybridized carbons (Fsp3) is 0.632. The third-order valence-corrected chi connectivity index (χ3v) is 4.91. The van der Waals surface area contributed by atoms with Crippen molar-refractivity contribution in [1.82, 2.24) is 5.32 Å². The lowest BCUT2D eigenvalue weighted by atomic mass is 9.79. The van der Waals surface area contributed by atoms with Gasteiger partial charge in [-0.3, -0.25) is 4.79 Å². The van der Waals surface area contributed by atoms with Crippen molar-refractivity contribution in [3.8, 4) is 17.2 Å². The molecule has 1 atom stereocenters. The van der Waals surface area contributed by atoms with Crippen molar-refractivity contribution in [2.24, 2.45) is 11.7 Å². The highest BCUT2D eigenvalue weighted by Crippen LogP contribution is 2.37. The molecule has 6 nitrogen and oxygen atoms in total. The van der Waals surface area contributed by atoms with Gasteiger partial charge < -0.3 is 25.3 Å². The first-order chi connectivity index (χ1) is 12.0. The topological polar surface area (TPSA) is 82.8 Å². The van der Waals surface area contributed by atoms with E-state index in [2.05, 4.69) is 5.32 Å². The van der Waals surface area contributed by atoms with E-state index < -0.39 is 5.54 Å². The van der Waals surface area contributed by atoms with Crippen LogP contribution in [0.2, 0.25) is 0 Å². The van der Waals surface area contributed by atoms with Crippen LogP contribution in [0.5, 0.6) is 17.2 Å². The van der Waals surface area contributed by atoms with Gasteiger partial charge in [0.1, 0.15) is 12.1 Å². The second-order valence-electron chi connectivity index (χ2n) is 6.72. The molecule has 0 aliphatic heterocycles. The Morgan fingerprint density at radius 1 is 1.20 bits per heavy atom. The summed E-state index contributed by atoms with van der Waals surface area (Å²) in [7, 11) is 4.74. The number of likely N-dealkylation sites (N-methyl/N-ethyl adjacent to an activating group) is 1. The Bertz CT molecular complexity index is 573. The van der Waals surface area contributed by atoms with Gasteiger partial charge in [-0.1, -0.05) is 38.2 Å². The first-order valence-corrected chi connectivity index (χ1v) is 8.89. The maximum Gasteiger partial charge on any atom is 0.243 e. The number of nitrogens with one attached hydrogen (secondary N) is 1. The summed E-state index contributed by atoms with van der Waals surface area (Å²) in [6.45, 7) is 0.0900. The van der Waals surface area contributed by atoms with Crippen molar-refractivity contribution in [3.63, 3.8) is 0 Å². The van der Waals surface area contributed by atoms with E-state index >= 15 is 0 Å². The lowest BCUT2D eigenvalue weighted by Crippen LogP contribution is -2.58. The average Bonchev–Trinajstić information content (AvgIpc) is 2.65. The average molecular weight is 350 g/mol. The van der Waals surface area contributed by atoms with Gasteiger partial charge in [0, 0.05) is 7.05 Å². The van der Waals surface area contributed by atoms with Gasteiger partial charge in [-0.2, -0.15) is 0 Å². The highest BCUT2D eigenvalue weighted by molar-refractivity contribution is 5.86. The van der Waals surface area contributed by atoms with Gasteiger partial charge >= 0.3 is 0 Å². The van der Waals surface area contributed by atoms with E-state index in [4.69, 9.17) is 19.9 Å². The highest BCUT2D eigenvalue weighted by atomic mass is 16.5. The van der Waals surface area contributed by atoms with E-state index in [0.29, 0.717) is 29.6 Å². The molecule has 25 heavy (non-hydrogen) atoms. The molecule has 1 amide bonds. The fourth-order valence-corrected chi connectivity index (χ4v) is 3.55. The quantitative estimate of drug-likeness (QED) is 0.753. The predicted molar refractivity (Wildman–Crippen MR) is 97.2 cm³/mol. The van der Waals surface area contributed by atoms with Gasteiger partial charge in [0.05, 0.1) is 14.2 Å². The Kier molecular flexibility index (Phi) is 6.93. The molecule has 1 unspecified atom stereocenters. The summed E-state index contributed by atoms with van der Waals surface area (Å²) < 4.78 is 16.6. The van der Waals surface area contributed by atoms with Gasteiger partial charge in [0.15, 0.2) is 11.5 Å². The van der Waals surface area contributed by atoms with Crippen LogP contribution in [0.4, 0.5) is 0 Å². The molecule has 140 valence electrons. The molecule has 1 aromatic carbocycles. The molecule has 0 spiro atoms. The smallest absolute Gasteiger partial charge is 0.243 e. The van der Waals surface area contributed by atoms with E-state index in [-0.39, 0.29) is 12.5 Å². The van der Waals surface area contributed by atoms with E-state index in [9.17, 15) is 4.79 Å². The van der Waals surface area contributed by atoms with Crippen LogP contribution < -0.4 is 25.3 Å². The first kappa shape index (κ1) is 19.4. The van der Waals surface area contributed by atoms with Gasteiger partial charge in [0.2, 0.25) is 11.7 Å². The molecule has 1 aliphatic rings. The molecule has 2 rings (SSSR count). The molecule has 0 aromatic heterocycles. The number of nitrogens with two attached hydrogens (primary N) is 1. The van der Waals surface area contributed by atoms with Crippen molar-refractivity contribution in [1.29, 1.82) is 0 Å². The maximum absolute atomic E-state index is 12.4. The van der Waals surface area contributed by atoms with Crippen LogP contribution in [0.3, 0.4) is 0 Å². The number of methoxy groups -OCH3 is 2. The van der Waals surface area contributed by atoms with E-state index in [1.165, 1.54) is 19.3 Å². The number of benzene rings is 1. The van der Waals surface area contributed by atoms with Crippen LogP contribution in [-0.4, -0.2) is 39.3 Å². The summed E-state index contributed by atoms with van der Waals surface area (Å²) in [4.78, 5) is 12.4. The minimum atomic E-state index is -1.06. The van der Waals surface area contributed by atoms with Crippen molar-refractivity contribution >= 4 is 5.91 Å². The van der Waals surface area contributed by atoms with E-state index in [0.717, 1.165) is 12.8 Å². The Morgan fingerprint density at radius 2 is 1.88 bits per heavy atom. The van der Waals surface area contributed by atoms with Gasteiger partial charge in [-0.15, -0.1) is 0 Å². The standard InChI is InChI=1S/C19H30N2O4/c1-21-18(22)19(20,12-14-8-5-4-6-9-14)13-25-16-11-7-10-15(23-2)17(16)24-3/h7,10-11,14H,4-6,8-9,12-13,20H2,1-3H3,(H,21,22). The SMILES string of the molecule is CNC(=O)C(N)(COc1cccc(OC)c1OC)CC1CCCCC1. The molecule has 0 heterocycles. The molecular formula is C19H30N2O4. The van der Waals surface area contributed by atoms with Crippen LogP contribution in [0.1, 0.15) is 38.5 Å². The minimum absolute atomic E-state index is 0.0900. The van der Waals surface area contributed by atoms with Crippen molar-refractivity contribution < 1.29 is 19.0 Å². The van der Waals surface area contributed by atoms with Crippen molar-refractivity contribution in [2.75, 3.05) is 27.9 Å². The van der Waals surface area contributed by atoms with Crippen molar-refractivity contribution in [3.05, 3.63) is 18.2 Å². The third-order valence-electron chi connectivity index (χ3n) is 4.91. The summed E-state index contributed by atoms with van der Waals surface area (Å²) >= 11 is 0. The van der Waals surface area contributed by atoms with Crippen LogP contribution in [0.25, 0.3) is 0 Å². The summed E-state index contributed by atoms with van der Waals surface area (Å²) in [5.74, 6) is 1.87. The second-order valence-corrected chi connectivity index (χ2v) is 6.72. The van der Waals surface area contributed by atoms with Crippen molar-refractivity contribution in [2.45, 2.75) is 44.1 Å². The first-order valence-electron chi connectivity index (χ1n) is 8.89. The van der Waals surface area contributed by atoms with Gasteiger partial charge in [0.25, 0.3) is 0 Å². The van der Waals surface area contributed by atoms with Crippen LogP contribution >= 0.6 is 0 Å². The fourth-order valence-electron chi connectivity index (χ4n) is 3.55. The number of carbonyl (C=O) groups is 1. The number of hydrogen-bond acceptors (Lipinski definition) is 5. The minimum Gasteiger partial charge on any atom is -0.493 e. The number of amides is 1. The molecule has 1 fully saturated rings. The predicted octanol–water partition coefficient (Wildman–Crippen LogP) is 2.50. The zero-order valence-electron chi connectivity index (χ0n) is 15.5. The zero-order chi connectivity index (χ0) is 18.3. The number of hydrogen-bond donors (Lipinski definition) is 2. The third kappa shape index (κ3) is 4.78. The molecule has 1 saturated carbocycles. The summed E-state index contributed by atoms with van der Waals surface area (Å²) in [6.07, 6.45) is 6.56. The number of para-hydroxylation sites is 1. The maximum atomic E-state index is 12.4. The van der Waals surface area contributed by atoms with Gasteiger partial charge in [-0.05, 0) is 24.5 Å². The lowest BCUT2D eigenvalue weighted by molar-refractivity contribution is -0.127. The number of ether oxygens (including phenoxy) is 3. The normalized spacial score (nSPS) is 17.4. The lowest BCUT2D eigenvalue weighted by Gasteiger charge is -2.33. The van der Waals surface area contributed by atoms with E-state index in [1.807, 2.05) is 6.07 Å². The van der Waals surface area contributed by atoms with Crippen LogP contribution in [0.15, 0.2) is 18.2 Å². The number of carbonyl (C=O) groups excluding carboxylic acids is 1. The molecular weight excluding hydrogens is 320 g/mol. The molecule has 3 N–H and O–H groups in total. The van der Waals surface area contributed by atoms with Crippen LogP contribution in [0, 0.1) is 5.92 Å². The Morgan fingerprint density at radius 3 is 2.48 bits per heavy atom. The molecule has 6 heteroatoms. The Balaban J connectivity index is 2.13. The van der Waals surface area contributed by atoms with E-state index in [1.54, 1.807) is 33.4 Å². The largest absolute Gasteiger partial charge is 0.493 e. The Labute approximate surface area is 150 Å². The molecule has 0 radical (unpaired) electrons. The monoisotopic (exact) mass is 350 g/mol. The Hall–Kier alpha value is -1.95. The van der Waals surface area contributed by atoms with Crippen LogP contribution in [-0.2, 0) is 4.79 Å². The second kappa shape index (κ2) is 8.94. The molecule has 1 aromatic rings. The molecule has 0 saturated heterocycles. The summed E-state index contributed by atoms with van der Waals surface area (Å²) in [6, 6.07) is 5.39. The summed E-state index contributed by atoms with van der Waals surface area (Å²) in [5, 5.41) is 2.68.